The Bertz CT molecular complexity index is 432. The number of hydrogen-bond donors (Lipinski definition) is 4. The highest BCUT2D eigenvalue weighted by Crippen LogP contribution is 2.09. The molecule has 110 valence electrons. The van der Waals surface area contributed by atoms with E-state index < -0.39 is 36.8 Å². The van der Waals surface area contributed by atoms with Gasteiger partial charge >= 0.3 is 11.9 Å². The Hall–Kier alpha value is -2.90. The first-order valence-corrected chi connectivity index (χ1v) is 4.82. The lowest BCUT2D eigenvalue weighted by atomic mass is 10.5. The van der Waals surface area contributed by atoms with Crippen LogP contribution >= 0.6 is 0 Å². The number of aliphatic carboxylic acids is 2. The molecule has 0 heterocycles. The zero-order valence-corrected chi connectivity index (χ0v) is 10.1. The van der Waals surface area contributed by atoms with Crippen molar-refractivity contribution in [3.05, 3.63) is 24.9 Å². The molecule has 0 fully saturated rings. The molecule has 0 aromatic rings. The second-order valence-electron chi connectivity index (χ2n) is 3.17. The number of hydrogen-bond acceptors (Lipinski definition) is 8. The molecule has 0 aromatic heterocycles. The summed E-state index contributed by atoms with van der Waals surface area (Å²) in [6.07, 6.45) is 0. The van der Waals surface area contributed by atoms with Gasteiger partial charge in [0.25, 0.3) is 0 Å². The van der Waals surface area contributed by atoms with Crippen LogP contribution in [0.25, 0.3) is 0 Å². The van der Waals surface area contributed by atoms with Gasteiger partial charge in [-0.1, -0.05) is 0 Å². The van der Waals surface area contributed by atoms with E-state index in [1.165, 1.54) is 0 Å². The Morgan fingerprint density at radius 1 is 0.950 bits per heavy atom. The summed E-state index contributed by atoms with van der Waals surface area (Å²) in [7, 11) is 0. The minimum atomic E-state index is -1.30. The molecule has 10 heteroatoms. The number of carboxylic acid groups (broad SMARTS) is 2. The Balaban J connectivity index is 5.13. The van der Waals surface area contributed by atoms with E-state index in [2.05, 4.69) is 35.0 Å². The molecule has 0 amide bonds. The minimum absolute atomic E-state index is 0.512. The zero-order chi connectivity index (χ0) is 15.7. The smallest absolute Gasteiger partial charge is 0.323 e. The molecule has 0 rings (SSSR count). The van der Waals surface area contributed by atoms with Crippen molar-refractivity contribution in [2.75, 3.05) is 13.1 Å². The summed E-state index contributed by atoms with van der Waals surface area (Å²) in [6.45, 7) is 5.03. The molecule has 0 saturated carbocycles. The Kier molecular flexibility index (Phi) is 7.05. The molecule has 0 bridgehead atoms. The summed E-state index contributed by atoms with van der Waals surface area (Å²) < 4.78 is 0. The average molecular weight is 288 g/mol. The molecular formula is C10H12N2O8. The van der Waals surface area contributed by atoms with Crippen LogP contribution in [0.2, 0.25) is 0 Å². The topological polar surface area (TPSA) is 140 Å². The third-order valence-electron chi connectivity index (χ3n) is 1.68. The predicted molar refractivity (Wildman–Crippen MR) is 62.2 cm³/mol. The molecule has 0 spiro atoms. The first-order chi connectivity index (χ1) is 9.31. The lowest BCUT2D eigenvalue weighted by Crippen LogP contribution is -2.31. The van der Waals surface area contributed by atoms with Gasteiger partial charge in [0, 0.05) is 12.1 Å². The van der Waals surface area contributed by atoms with E-state index in [1.54, 1.807) is 0 Å². The van der Waals surface area contributed by atoms with Crippen LogP contribution in [0.5, 0.6) is 0 Å². The quantitative estimate of drug-likeness (QED) is 0.153. The highest BCUT2D eigenvalue weighted by atomic mass is 17.1. The molecule has 20 heavy (non-hydrogen) atoms. The first kappa shape index (κ1) is 17.1. The molecule has 0 unspecified atom stereocenters. The minimum Gasteiger partial charge on any atom is -0.480 e. The van der Waals surface area contributed by atoms with Crippen molar-refractivity contribution >= 4 is 11.9 Å². The van der Waals surface area contributed by atoms with Gasteiger partial charge in [0.15, 0.2) is 0 Å². The second-order valence-corrected chi connectivity index (χ2v) is 3.17. The van der Waals surface area contributed by atoms with Gasteiger partial charge in [0.2, 0.25) is 11.8 Å². The van der Waals surface area contributed by atoms with E-state index in [9.17, 15) is 9.59 Å². The number of nitrogens with zero attached hydrogens (tertiary/aromatic N) is 2. The van der Waals surface area contributed by atoms with Crippen molar-refractivity contribution in [2.45, 2.75) is 0 Å². The zero-order valence-electron chi connectivity index (χ0n) is 10.1. The maximum absolute atomic E-state index is 10.5. The SMILES string of the molecule is C=C(OO)N(C#CN(CC(=O)O)CC(=O)O)C(=C)OO. The van der Waals surface area contributed by atoms with Gasteiger partial charge in [-0.05, 0) is 13.2 Å². The summed E-state index contributed by atoms with van der Waals surface area (Å²) in [5.41, 5.74) is 0. The van der Waals surface area contributed by atoms with E-state index in [0.717, 1.165) is 4.90 Å². The van der Waals surface area contributed by atoms with Gasteiger partial charge in [0.1, 0.15) is 13.1 Å². The maximum Gasteiger partial charge on any atom is 0.323 e. The van der Waals surface area contributed by atoms with Crippen molar-refractivity contribution in [1.82, 2.24) is 9.80 Å². The summed E-state index contributed by atoms with van der Waals surface area (Å²) in [5.74, 6) is -3.63. The molecule has 0 aliphatic heterocycles. The highest BCUT2D eigenvalue weighted by Gasteiger charge is 2.14. The lowest BCUT2D eigenvalue weighted by molar-refractivity contribution is -0.245. The summed E-state index contributed by atoms with van der Waals surface area (Å²) in [4.78, 5) is 29.9. The van der Waals surface area contributed by atoms with Gasteiger partial charge in [-0.2, -0.15) is 0 Å². The number of rotatable bonds is 8. The van der Waals surface area contributed by atoms with E-state index >= 15 is 0 Å². The van der Waals surface area contributed by atoms with Crippen LogP contribution in [0.15, 0.2) is 24.9 Å². The van der Waals surface area contributed by atoms with E-state index in [1.807, 2.05) is 0 Å². The third kappa shape index (κ3) is 6.15. The molecule has 0 saturated heterocycles. The average Bonchev–Trinajstić information content (AvgIpc) is 2.36. The molecule has 4 N–H and O–H groups in total. The van der Waals surface area contributed by atoms with Crippen LogP contribution < -0.4 is 0 Å². The monoisotopic (exact) mass is 288 g/mol. The highest BCUT2D eigenvalue weighted by molar-refractivity contribution is 5.73. The molecule has 0 aliphatic rings. The van der Waals surface area contributed by atoms with Crippen molar-refractivity contribution in [3.8, 4) is 12.1 Å². The molecule has 0 aromatic carbocycles. The summed E-state index contributed by atoms with van der Waals surface area (Å²) in [5, 5.41) is 34.0. The number of carbonyl (C=O) groups is 2. The largest absolute Gasteiger partial charge is 0.480 e. The number of carboxylic acids is 2. The van der Waals surface area contributed by atoms with Crippen LogP contribution in [0.4, 0.5) is 0 Å². The Labute approximate surface area is 113 Å². The molecule has 0 radical (unpaired) electrons. The van der Waals surface area contributed by atoms with Gasteiger partial charge in [-0.15, -0.1) is 0 Å². The summed E-state index contributed by atoms with van der Waals surface area (Å²) in [6, 6.07) is 4.30. The second kappa shape index (κ2) is 8.25. The fourth-order valence-corrected chi connectivity index (χ4v) is 0.928. The Morgan fingerprint density at radius 3 is 1.65 bits per heavy atom. The van der Waals surface area contributed by atoms with E-state index in [0.29, 0.717) is 4.90 Å². The lowest BCUT2D eigenvalue weighted by Gasteiger charge is -2.17. The fraction of sp³-hybridized carbons (Fsp3) is 0.200. The predicted octanol–water partition coefficient (Wildman–Crippen LogP) is -0.400. The van der Waals surface area contributed by atoms with E-state index in [4.69, 9.17) is 20.7 Å². The van der Waals surface area contributed by atoms with Gasteiger partial charge < -0.3 is 24.9 Å². The van der Waals surface area contributed by atoms with Crippen molar-refractivity contribution in [3.63, 3.8) is 0 Å². The van der Waals surface area contributed by atoms with Crippen molar-refractivity contribution < 1.29 is 40.1 Å². The standard InChI is InChI=1S/C10H12N2O8/c1-7(19-17)12(8(2)20-18)4-3-11(5-9(13)14)6-10(15)16/h17-18H,1-2,5-6H2,(H,13,14)(H,15,16). The van der Waals surface area contributed by atoms with Crippen LogP contribution in [0.3, 0.4) is 0 Å². The Morgan fingerprint density at radius 2 is 1.35 bits per heavy atom. The molecular weight excluding hydrogens is 276 g/mol. The molecule has 10 nitrogen and oxygen atoms in total. The molecule has 0 atom stereocenters. The van der Waals surface area contributed by atoms with Crippen LogP contribution in [0.1, 0.15) is 0 Å². The van der Waals surface area contributed by atoms with Crippen molar-refractivity contribution in [1.29, 1.82) is 0 Å². The maximum atomic E-state index is 10.5. The van der Waals surface area contributed by atoms with Crippen LogP contribution in [-0.4, -0.2) is 55.6 Å². The van der Waals surface area contributed by atoms with Gasteiger partial charge in [0.05, 0.1) is 0 Å². The molecule has 0 aliphatic carbocycles. The van der Waals surface area contributed by atoms with Gasteiger partial charge in [-0.3, -0.25) is 9.59 Å². The first-order valence-electron chi connectivity index (χ1n) is 4.82. The fourth-order valence-electron chi connectivity index (χ4n) is 0.928. The van der Waals surface area contributed by atoms with Crippen LogP contribution in [-0.2, 0) is 19.4 Å². The normalized spacial score (nSPS) is 8.70. The summed E-state index contributed by atoms with van der Waals surface area (Å²) >= 11 is 0. The third-order valence-corrected chi connectivity index (χ3v) is 1.68. The van der Waals surface area contributed by atoms with Crippen molar-refractivity contribution in [2.24, 2.45) is 0 Å². The van der Waals surface area contributed by atoms with Gasteiger partial charge in [-0.25, -0.2) is 15.4 Å². The van der Waals surface area contributed by atoms with E-state index in [-0.39, 0.29) is 0 Å². The van der Waals surface area contributed by atoms with Crippen LogP contribution in [0, 0.1) is 12.1 Å².